The molecule has 0 saturated heterocycles. The molecule has 0 radical (unpaired) electrons. The molecule has 9 nitrogen and oxygen atoms in total. The summed E-state index contributed by atoms with van der Waals surface area (Å²) in [6.07, 6.45) is 1.22. The van der Waals surface area contributed by atoms with E-state index in [0.717, 1.165) is 6.54 Å². The standard InChI is InChI=1S/C12H21N5O4/c1-10-13-8-11(17(20)21)16(10)7-6-15(9-12(18)19)5-4-14(2)3/h8H,4-7,9H2,1-3H3,(H,18,19). The summed E-state index contributed by atoms with van der Waals surface area (Å²) in [5.74, 6) is -0.439. The zero-order chi connectivity index (χ0) is 16.0. The summed E-state index contributed by atoms with van der Waals surface area (Å²) in [6.45, 7) is 3.66. The van der Waals surface area contributed by atoms with Gasteiger partial charge in [0, 0.05) is 26.6 Å². The van der Waals surface area contributed by atoms with Gasteiger partial charge in [0.15, 0.2) is 5.82 Å². The van der Waals surface area contributed by atoms with E-state index in [9.17, 15) is 14.9 Å². The number of nitrogens with zero attached hydrogens (tertiary/aromatic N) is 5. The Labute approximate surface area is 122 Å². The van der Waals surface area contributed by atoms with Gasteiger partial charge in [-0.1, -0.05) is 0 Å². The molecule has 0 saturated carbocycles. The quantitative estimate of drug-likeness (QED) is 0.507. The average Bonchev–Trinajstić information content (AvgIpc) is 2.73. The maximum absolute atomic E-state index is 10.9. The molecule has 9 heteroatoms. The van der Waals surface area contributed by atoms with Gasteiger partial charge in [0.25, 0.3) is 0 Å². The van der Waals surface area contributed by atoms with Crippen LogP contribution in [0.3, 0.4) is 0 Å². The molecule has 0 aliphatic rings. The van der Waals surface area contributed by atoms with E-state index >= 15 is 0 Å². The highest BCUT2D eigenvalue weighted by Gasteiger charge is 2.19. The van der Waals surface area contributed by atoms with Crippen molar-refractivity contribution in [3.05, 3.63) is 22.1 Å². The van der Waals surface area contributed by atoms with Gasteiger partial charge in [-0.25, -0.2) is 9.55 Å². The maximum Gasteiger partial charge on any atom is 0.342 e. The van der Waals surface area contributed by atoms with Crippen molar-refractivity contribution in [1.29, 1.82) is 0 Å². The molecule has 1 heterocycles. The summed E-state index contributed by atoms with van der Waals surface area (Å²) in [4.78, 5) is 28.9. The first-order valence-electron chi connectivity index (χ1n) is 6.56. The second-order valence-electron chi connectivity index (χ2n) is 5.05. The SMILES string of the molecule is Cc1ncc([N+](=O)[O-])n1CCN(CCN(C)C)CC(=O)O. The van der Waals surface area contributed by atoms with Crippen LogP contribution in [0, 0.1) is 17.0 Å². The highest BCUT2D eigenvalue weighted by atomic mass is 16.6. The van der Waals surface area contributed by atoms with E-state index in [1.165, 1.54) is 10.8 Å². The first-order chi connectivity index (χ1) is 9.81. The van der Waals surface area contributed by atoms with Gasteiger partial charge in [-0.3, -0.25) is 9.69 Å². The Morgan fingerprint density at radius 1 is 1.43 bits per heavy atom. The van der Waals surface area contributed by atoms with Gasteiger partial charge >= 0.3 is 11.8 Å². The van der Waals surface area contributed by atoms with E-state index in [0.29, 0.717) is 25.5 Å². The molecule has 0 bridgehead atoms. The Bertz CT molecular complexity index is 500. The molecule has 1 rings (SSSR count). The topological polar surface area (TPSA) is 105 Å². The highest BCUT2D eigenvalue weighted by molar-refractivity contribution is 5.69. The van der Waals surface area contributed by atoms with Gasteiger partial charge in [-0.05, 0) is 19.0 Å². The van der Waals surface area contributed by atoms with Gasteiger partial charge in [0.2, 0.25) is 0 Å². The molecule has 1 N–H and O–H groups in total. The van der Waals surface area contributed by atoms with Crippen LogP contribution in [0.1, 0.15) is 5.82 Å². The third-order valence-electron chi connectivity index (χ3n) is 3.08. The lowest BCUT2D eigenvalue weighted by molar-refractivity contribution is -0.392. The molecule has 0 amide bonds. The summed E-state index contributed by atoms with van der Waals surface area (Å²) in [5.41, 5.74) is 0. The van der Waals surface area contributed by atoms with Gasteiger partial charge in [0.1, 0.15) is 12.7 Å². The van der Waals surface area contributed by atoms with E-state index in [2.05, 4.69) is 4.98 Å². The fourth-order valence-electron chi connectivity index (χ4n) is 1.92. The number of carboxylic acids is 1. The van der Waals surface area contributed by atoms with Crippen molar-refractivity contribution in [3.63, 3.8) is 0 Å². The molecule has 21 heavy (non-hydrogen) atoms. The molecule has 1 aromatic rings. The number of carboxylic acid groups (broad SMARTS) is 1. The van der Waals surface area contributed by atoms with Gasteiger partial charge in [0.05, 0.1) is 6.54 Å². The molecule has 0 aromatic carbocycles. The number of hydrogen-bond acceptors (Lipinski definition) is 6. The normalized spacial score (nSPS) is 11.3. The van der Waals surface area contributed by atoms with Crippen LogP contribution in [0.4, 0.5) is 5.82 Å². The van der Waals surface area contributed by atoms with Crippen molar-refractivity contribution in [2.45, 2.75) is 13.5 Å². The highest BCUT2D eigenvalue weighted by Crippen LogP contribution is 2.13. The second kappa shape index (κ2) is 7.70. The Balaban J connectivity index is 2.69. The predicted molar refractivity (Wildman–Crippen MR) is 76.2 cm³/mol. The minimum atomic E-state index is -0.911. The number of imidazole rings is 1. The third-order valence-corrected chi connectivity index (χ3v) is 3.08. The lowest BCUT2D eigenvalue weighted by Gasteiger charge is -2.21. The van der Waals surface area contributed by atoms with E-state index in [1.807, 2.05) is 19.0 Å². The second-order valence-corrected chi connectivity index (χ2v) is 5.05. The summed E-state index contributed by atoms with van der Waals surface area (Å²) in [7, 11) is 3.81. The first kappa shape index (κ1) is 17.1. The molecule has 0 fully saturated rings. The van der Waals surface area contributed by atoms with Crippen molar-refractivity contribution >= 4 is 11.8 Å². The number of aryl methyl sites for hydroxylation is 1. The van der Waals surface area contributed by atoms with Gasteiger partial charge < -0.3 is 20.1 Å². The van der Waals surface area contributed by atoms with Crippen LogP contribution in [0.2, 0.25) is 0 Å². The molecular formula is C12H21N5O4. The molecular weight excluding hydrogens is 278 g/mol. The number of carbonyl (C=O) groups is 1. The number of rotatable bonds is 9. The van der Waals surface area contributed by atoms with Gasteiger partial charge in [-0.15, -0.1) is 0 Å². The fourth-order valence-corrected chi connectivity index (χ4v) is 1.92. The number of aromatic nitrogens is 2. The van der Waals surface area contributed by atoms with Crippen LogP contribution in [0.15, 0.2) is 6.20 Å². The molecule has 0 spiro atoms. The molecule has 0 unspecified atom stereocenters. The Morgan fingerprint density at radius 2 is 2.10 bits per heavy atom. The minimum Gasteiger partial charge on any atom is -0.480 e. The first-order valence-corrected chi connectivity index (χ1v) is 6.56. The van der Waals surface area contributed by atoms with Gasteiger partial charge in [-0.2, -0.15) is 0 Å². The minimum absolute atomic E-state index is 0.0737. The van der Waals surface area contributed by atoms with Crippen LogP contribution in [-0.2, 0) is 11.3 Å². The summed E-state index contributed by atoms with van der Waals surface area (Å²) < 4.78 is 1.49. The van der Waals surface area contributed by atoms with Crippen LogP contribution in [0.5, 0.6) is 0 Å². The largest absolute Gasteiger partial charge is 0.480 e. The number of nitro groups is 1. The molecule has 0 aliphatic heterocycles. The Kier molecular flexibility index (Phi) is 6.25. The van der Waals surface area contributed by atoms with Crippen molar-refractivity contribution in [1.82, 2.24) is 19.4 Å². The van der Waals surface area contributed by atoms with Crippen LogP contribution >= 0.6 is 0 Å². The predicted octanol–water partition coefficient (Wildman–Crippen LogP) is 0.0479. The Hall–Kier alpha value is -2.00. The Morgan fingerprint density at radius 3 is 2.62 bits per heavy atom. The van der Waals surface area contributed by atoms with E-state index < -0.39 is 10.9 Å². The van der Waals surface area contributed by atoms with Crippen LogP contribution in [-0.4, -0.2) is 75.6 Å². The van der Waals surface area contributed by atoms with Crippen LogP contribution < -0.4 is 0 Å². The summed E-state index contributed by atoms with van der Waals surface area (Å²) in [6, 6.07) is 0. The fraction of sp³-hybridized carbons (Fsp3) is 0.667. The lowest BCUT2D eigenvalue weighted by Crippen LogP contribution is -2.37. The summed E-state index contributed by atoms with van der Waals surface area (Å²) >= 11 is 0. The van der Waals surface area contributed by atoms with Crippen molar-refractivity contribution in [2.24, 2.45) is 0 Å². The molecule has 0 aliphatic carbocycles. The van der Waals surface area contributed by atoms with E-state index in [4.69, 9.17) is 5.11 Å². The average molecular weight is 299 g/mol. The molecule has 1 aromatic heterocycles. The van der Waals surface area contributed by atoms with E-state index in [-0.39, 0.29) is 12.4 Å². The van der Waals surface area contributed by atoms with Crippen LogP contribution in [0.25, 0.3) is 0 Å². The molecule has 0 atom stereocenters. The third kappa shape index (κ3) is 5.48. The zero-order valence-electron chi connectivity index (χ0n) is 12.5. The van der Waals surface area contributed by atoms with Crippen molar-refractivity contribution < 1.29 is 14.8 Å². The lowest BCUT2D eigenvalue weighted by atomic mass is 10.4. The molecule has 118 valence electrons. The van der Waals surface area contributed by atoms with Crippen molar-refractivity contribution in [2.75, 3.05) is 40.3 Å². The summed E-state index contributed by atoms with van der Waals surface area (Å²) in [5, 5.41) is 19.8. The number of aliphatic carboxylic acids is 1. The van der Waals surface area contributed by atoms with Crippen molar-refractivity contribution in [3.8, 4) is 0 Å². The monoisotopic (exact) mass is 299 g/mol. The number of hydrogen-bond donors (Lipinski definition) is 1. The smallest absolute Gasteiger partial charge is 0.342 e. The maximum atomic E-state index is 10.9. The zero-order valence-corrected chi connectivity index (χ0v) is 12.5. The van der Waals surface area contributed by atoms with E-state index in [1.54, 1.807) is 11.8 Å². The number of likely N-dealkylation sites (N-methyl/N-ethyl adjacent to an activating group) is 1.